The summed E-state index contributed by atoms with van der Waals surface area (Å²) in [5.41, 5.74) is 7.59. The van der Waals surface area contributed by atoms with Crippen molar-refractivity contribution in [2.24, 2.45) is 17.6 Å². The molecule has 1 heterocycles. The lowest BCUT2D eigenvalue weighted by molar-refractivity contribution is -0.127. The van der Waals surface area contributed by atoms with Crippen molar-refractivity contribution < 1.29 is 4.79 Å². The largest absolute Gasteiger partial charge is 0.394 e. The molecule has 3 nitrogen and oxygen atoms in total. The maximum Gasteiger partial charge on any atom is 0.270 e. The first kappa shape index (κ1) is 12.2. The van der Waals surface area contributed by atoms with Crippen molar-refractivity contribution in [1.82, 2.24) is 4.90 Å². The van der Waals surface area contributed by atoms with Crippen LogP contribution in [0.15, 0.2) is 23.4 Å². The Hall–Kier alpha value is -1.25. The molecule has 1 amide bonds. The average molecular weight is 234 g/mol. The van der Waals surface area contributed by atoms with E-state index >= 15 is 0 Å². The Labute approximate surface area is 103 Å². The fourth-order valence-corrected chi connectivity index (χ4v) is 2.73. The topological polar surface area (TPSA) is 46.3 Å². The van der Waals surface area contributed by atoms with E-state index < -0.39 is 0 Å². The van der Waals surface area contributed by atoms with Gasteiger partial charge in [0.05, 0.1) is 0 Å². The predicted octanol–water partition coefficient (Wildman–Crippen LogP) is 2.05. The molecule has 0 aromatic heterocycles. The van der Waals surface area contributed by atoms with Crippen molar-refractivity contribution in [3.63, 3.8) is 0 Å². The molecule has 3 heteroatoms. The van der Waals surface area contributed by atoms with E-state index in [0.29, 0.717) is 17.5 Å². The molecule has 0 saturated heterocycles. The molecule has 1 aliphatic carbocycles. The van der Waals surface area contributed by atoms with E-state index in [1.165, 1.54) is 0 Å². The van der Waals surface area contributed by atoms with Crippen LogP contribution in [0.1, 0.15) is 33.1 Å². The third-order valence-corrected chi connectivity index (χ3v) is 3.58. The Morgan fingerprint density at radius 3 is 2.94 bits per heavy atom. The van der Waals surface area contributed by atoms with Crippen LogP contribution in [-0.2, 0) is 4.79 Å². The van der Waals surface area contributed by atoms with Crippen molar-refractivity contribution in [1.29, 1.82) is 0 Å². The maximum atomic E-state index is 12.2. The summed E-state index contributed by atoms with van der Waals surface area (Å²) >= 11 is 0. The van der Waals surface area contributed by atoms with E-state index in [4.69, 9.17) is 5.73 Å². The van der Waals surface area contributed by atoms with Crippen molar-refractivity contribution in [3.8, 4) is 0 Å². The third-order valence-electron chi connectivity index (χ3n) is 3.58. The average Bonchev–Trinajstić information content (AvgIpc) is 2.42. The molecule has 0 radical (unpaired) electrons. The lowest BCUT2D eigenvalue weighted by Crippen LogP contribution is -2.37. The Balaban J connectivity index is 2.24. The second-order valence-corrected chi connectivity index (χ2v) is 5.48. The quantitative estimate of drug-likeness (QED) is 0.795. The van der Waals surface area contributed by atoms with Crippen LogP contribution in [0.2, 0.25) is 0 Å². The number of allylic oxidation sites excluding steroid dienone is 3. The summed E-state index contributed by atoms with van der Waals surface area (Å²) in [6.07, 6.45) is 7.48. The Kier molecular flexibility index (Phi) is 3.55. The highest BCUT2D eigenvalue weighted by Crippen LogP contribution is 2.31. The van der Waals surface area contributed by atoms with Gasteiger partial charge in [0.25, 0.3) is 5.91 Å². The Bertz CT molecular complexity index is 368. The smallest absolute Gasteiger partial charge is 0.270 e. The maximum absolute atomic E-state index is 12.2. The first-order valence-electron chi connectivity index (χ1n) is 6.55. The van der Waals surface area contributed by atoms with Crippen molar-refractivity contribution in [3.05, 3.63) is 23.4 Å². The molecule has 0 saturated carbocycles. The van der Waals surface area contributed by atoms with Gasteiger partial charge >= 0.3 is 0 Å². The summed E-state index contributed by atoms with van der Waals surface area (Å²) < 4.78 is 0. The molecule has 1 atom stereocenters. The van der Waals surface area contributed by atoms with Gasteiger partial charge in [-0.25, -0.2) is 0 Å². The molecule has 0 aromatic rings. The molecule has 2 aliphatic rings. The van der Waals surface area contributed by atoms with Gasteiger partial charge in [0.2, 0.25) is 0 Å². The molecular weight excluding hydrogens is 212 g/mol. The first-order valence-corrected chi connectivity index (χ1v) is 6.55. The van der Waals surface area contributed by atoms with E-state index in [1.54, 1.807) is 0 Å². The van der Waals surface area contributed by atoms with Crippen molar-refractivity contribution >= 4 is 5.91 Å². The minimum Gasteiger partial charge on any atom is -0.394 e. The van der Waals surface area contributed by atoms with E-state index in [-0.39, 0.29) is 5.91 Å². The highest BCUT2D eigenvalue weighted by Gasteiger charge is 2.28. The van der Waals surface area contributed by atoms with Gasteiger partial charge in [0.1, 0.15) is 5.70 Å². The first-order chi connectivity index (χ1) is 8.09. The third kappa shape index (κ3) is 2.54. The van der Waals surface area contributed by atoms with Crippen molar-refractivity contribution in [2.75, 3.05) is 13.1 Å². The van der Waals surface area contributed by atoms with Gasteiger partial charge in [-0.1, -0.05) is 26.0 Å². The Morgan fingerprint density at radius 2 is 2.24 bits per heavy atom. The summed E-state index contributed by atoms with van der Waals surface area (Å²) in [5, 5.41) is 0. The highest BCUT2D eigenvalue weighted by molar-refractivity contribution is 5.94. The molecule has 1 unspecified atom stereocenters. The van der Waals surface area contributed by atoms with Crippen LogP contribution in [0.3, 0.4) is 0 Å². The molecule has 2 N–H and O–H groups in total. The minimum atomic E-state index is 0.0303. The number of amides is 1. The number of carbonyl (C=O) groups excluding carboxylic acids is 1. The highest BCUT2D eigenvalue weighted by atomic mass is 16.2. The number of hydrogen-bond acceptors (Lipinski definition) is 2. The molecule has 2 rings (SSSR count). The molecule has 1 aliphatic heterocycles. The zero-order valence-electron chi connectivity index (χ0n) is 10.8. The molecule has 0 aromatic carbocycles. The van der Waals surface area contributed by atoms with E-state index in [2.05, 4.69) is 26.0 Å². The van der Waals surface area contributed by atoms with Crippen LogP contribution in [0.4, 0.5) is 0 Å². The van der Waals surface area contributed by atoms with Crippen LogP contribution in [0, 0.1) is 11.8 Å². The van der Waals surface area contributed by atoms with Crippen LogP contribution in [0.25, 0.3) is 0 Å². The molecule has 0 bridgehead atoms. The fraction of sp³-hybridized carbons (Fsp3) is 0.643. The zero-order valence-corrected chi connectivity index (χ0v) is 10.8. The monoisotopic (exact) mass is 234 g/mol. The second-order valence-electron chi connectivity index (χ2n) is 5.48. The summed E-state index contributed by atoms with van der Waals surface area (Å²) in [6, 6.07) is 0. The molecule has 17 heavy (non-hydrogen) atoms. The molecular formula is C14H22N2O. The van der Waals surface area contributed by atoms with Gasteiger partial charge in [-0.3, -0.25) is 4.79 Å². The number of hydrogen-bond donors (Lipinski definition) is 1. The zero-order chi connectivity index (χ0) is 12.4. The number of rotatable bonds is 2. The molecule has 94 valence electrons. The number of fused-ring (bicyclic) bond motifs is 1. The summed E-state index contributed by atoms with van der Waals surface area (Å²) in [6.45, 7) is 5.92. The van der Waals surface area contributed by atoms with Crippen LogP contribution in [0.5, 0.6) is 0 Å². The van der Waals surface area contributed by atoms with Crippen LogP contribution in [-0.4, -0.2) is 23.9 Å². The standard InChI is InChI=1S/C14H22N2O/c1-10(2)9-16-8-7-11-5-3-4-6-12(11)13(15)14(16)17/h4,6,10-11H,3,5,7-9,15H2,1-2H3. The normalized spacial score (nSPS) is 25.2. The number of nitrogens with zero attached hydrogens (tertiary/aromatic N) is 1. The fourth-order valence-electron chi connectivity index (χ4n) is 2.73. The number of nitrogens with two attached hydrogens (primary N) is 1. The summed E-state index contributed by atoms with van der Waals surface area (Å²) in [5.74, 6) is 1.01. The minimum absolute atomic E-state index is 0.0303. The number of carbonyl (C=O) groups is 1. The summed E-state index contributed by atoms with van der Waals surface area (Å²) in [7, 11) is 0. The SMILES string of the molecule is CC(C)CN1CCC2CCC=CC2=C(N)C1=O. The van der Waals surface area contributed by atoms with Crippen LogP contribution >= 0.6 is 0 Å². The Morgan fingerprint density at radius 1 is 1.47 bits per heavy atom. The second kappa shape index (κ2) is 4.94. The van der Waals surface area contributed by atoms with Crippen LogP contribution < -0.4 is 5.73 Å². The van der Waals surface area contributed by atoms with Gasteiger partial charge in [0, 0.05) is 13.1 Å². The van der Waals surface area contributed by atoms with E-state index in [9.17, 15) is 4.79 Å². The van der Waals surface area contributed by atoms with Gasteiger partial charge < -0.3 is 10.6 Å². The summed E-state index contributed by atoms with van der Waals surface area (Å²) in [4.78, 5) is 14.2. The van der Waals surface area contributed by atoms with Gasteiger partial charge in [-0.15, -0.1) is 0 Å². The molecule has 0 spiro atoms. The van der Waals surface area contributed by atoms with Gasteiger partial charge in [-0.2, -0.15) is 0 Å². The van der Waals surface area contributed by atoms with Crippen molar-refractivity contribution in [2.45, 2.75) is 33.1 Å². The lowest BCUT2D eigenvalue weighted by Gasteiger charge is -2.23. The van der Waals surface area contributed by atoms with E-state index in [1.807, 2.05) is 4.90 Å². The lowest BCUT2D eigenvalue weighted by atomic mass is 9.86. The van der Waals surface area contributed by atoms with Gasteiger partial charge in [0.15, 0.2) is 0 Å². The predicted molar refractivity (Wildman–Crippen MR) is 69.1 cm³/mol. The molecule has 0 fully saturated rings. The van der Waals surface area contributed by atoms with E-state index in [0.717, 1.165) is 37.9 Å². The van der Waals surface area contributed by atoms with Gasteiger partial charge in [-0.05, 0) is 36.7 Å².